The zero-order valence-electron chi connectivity index (χ0n) is 12.1. The van der Waals surface area contributed by atoms with Crippen LogP contribution in [0.4, 0.5) is 0 Å². The van der Waals surface area contributed by atoms with Gasteiger partial charge in [0.15, 0.2) is 0 Å². The van der Waals surface area contributed by atoms with Gasteiger partial charge in [-0.3, -0.25) is 0 Å². The van der Waals surface area contributed by atoms with Crippen LogP contribution in [0.1, 0.15) is 31.8 Å². The number of sulfonamides is 1. The molecule has 114 valence electrons. The molecule has 1 aromatic heterocycles. The van der Waals surface area contributed by atoms with Crippen molar-refractivity contribution < 1.29 is 17.6 Å². The molecule has 20 heavy (non-hydrogen) atoms. The summed E-state index contributed by atoms with van der Waals surface area (Å²) < 4.78 is 38.1. The van der Waals surface area contributed by atoms with Crippen LogP contribution in [0, 0.1) is 6.92 Å². The Labute approximate surface area is 119 Å². The van der Waals surface area contributed by atoms with E-state index in [0.717, 1.165) is 0 Å². The van der Waals surface area contributed by atoms with Gasteiger partial charge in [0.05, 0.1) is 19.3 Å². The number of hydrogen-bond donors (Lipinski definition) is 1. The Morgan fingerprint density at radius 2 is 2.20 bits per heavy atom. The number of nitrogens with zero attached hydrogens (tertiary/aromatic N) is 1. The van der Waals surface area contributed by atoms with Gasteiger partial charge in [-0.25, -0.2) is 8.42 Å². The van der Waals surface area contributed by atoms with Gasteiger partial charge in [0.2, 0.25) is 10.0 Å². The first-order valence-corrected chi connectivity index (χ1v) is 8.27. The summed E-state index contributed by atoms with van der Waals surface area (Å²) in [6.45, 7) is 6.47. The molecule has 0 saturated carbocycles. The van der Waals surface area contributed by atoms with Crippen LogP contribution >= 0.6 is 0 Å². The fraction of sp³-hybridized carbons (Fsp3) is 0.692. The van der Waals surface area contributed by atoms with E-state index in [1.165, 1.54) is 10.4 Å². The fourth-order valence-electron chi connectivity index (χ4n) is 2.44. The van der Waals surface area contributed by atoms with Crippen molar-refractivity contribution in [2.24, 2.45) is 5.73 Å². The number of ether oxygens (including phenoxy) is 1. The third kappa shape index (κ3) is 2.76. The van der Waals surface area contributed by atoms with Gasteiger partial charge >= 0.3 is 0 Å². The van der Waals surface area contributed by atoms with Crippen LogP contribution in [0.25, 0.3) is 0 Å². The second-order valence-corrected chi connectivity index (χ2v) is 6.98. The largest absolute Gasteiger partial charge is 0.464 e. The van der Waals surface area contributed by atoms with Gasteiger partial charge in [0.25, 0.3) is 0 Å². The second-order valence-electron chi connectivity index (χ2n) is 5.12. The molecule has 2 unspecified atom stereocenters. The SMILES string of the molecule is CCC1COC(C)CN1S(=O)(=O)c1cc(CN)oc1C. The summed E-state index contributed by atoms with van der Waals surface area (Å²) in [5.41, 5.74) is 5.51. The van der Waals surface area contributed by atoms with Crippen LogP contribution in [0.5, 0.6) is 0 Å². The summed E-state index contributed by atoms with van der Waals surface area (Å²) in [5, 5.41) is 0. The van der Waals surface area contributed by atoms with Crippen molar-refractivity contribution in [1.82, 2.24) is 4.31 Å². The molecule has 0 amide bonds. The maximum atomic E-state index is 12.8. The Balaban J connectivity index is 2.39. The lowest BCUT2D eigenvalue weighted by Crippen LogP contribution is -2.51. The first-order chi connectivity index (χ1) is 9.40. The van der Waals surface area contributed by atoms with Crippen molar-refractivity contribution in [3.8, 4) is 0 Å². The van der Waals surface area contributed by atoms with E-state index in [0.29, 0.717) is 31.1 Å². The minimum absolute atomic E-state index is 0.103. The van der Waals surface area contributed by atoms with Crippen LogP contribution in [-0.4, -0.2) is 38.0 Å². The van der Waals surface area contributed by atoms with Gasteiger partial charge in [-0.05, 0) is 20.3 Å². The van der Waals surface area contributed by atoms with Crippen molar-refractivity contribution in [3.05, 3.63) is 17.6 Å². The van der Waals surface area contributed by atoms with Crippen LogP contribution in [-0.2, 0) is 21.3 Å². The van der Waals surface area contributed by atoms with Crippen LogP contribution in [0.2, 0.25) is 0 Å². The van der Waals surface area contributed by atoms with Crippen molar-refractivity contribution in [1.29, 1.82) is 0 Å². The third-order valence-electron chi connectivity index (χ3n) is 3.60. The highest BCUT2D eigenvalue weighted by molar-refractivity contribution is 7.89. The average Bonchev–Trinajstić information content (AvgIpc) is 2.80. The predicted octanol–water partition coefficient (Wildman–Crippen LogP) is 1.23. The Kier molecular flexibility index (Phi) is 4.53. The maximum Gasteiger partial charge on any atom is 0.246 e. The highest BCUT2D eigenvalue weighted by Crippen LogP contribution is 2.28. The highest BCUT2D eigenvalue weighted by Gasteiger charge is 2.37. The number of hydrogen-bond acceptors (Lipinski definition) is 5. The summed E-state index contributed by atoms with van der Waals surface area (Å²) in [4.78, 5) is 0.213. The van der Waals surface area contributed by atoms with Crippen molar-refractivity contribution in [3.63, 3.8) is 0 Å². The smallest absolute Gasteiger partial charge is 0.246 e. The lowest BCUT2D eigenvalue weighted by atomic mass is 10.2. The molecule has 1 aliphatic rings. The van der Waals surface area contributed by atoms with Crippen molar-refractivity contribution in [2.75, 3.05) is 13.2 Å². The lowest BCUT2D eigenvalue weighted by molar-refractivity contribution is -0.0230. The molecule has 2 N–H and O–H groups in total. The molecule has 0 aromatic carbocycles. The van der Waals surface area contributed by atoms with Gasteiger partial charge in [-0.2, -0.15) is 4.31 Å². The molecule has 0 radical (unpaired) electrons. The summed E-state index contributed by atoms with van der Waals surface area (Å²) >= 11 is 0. The quantitative estimate of drug-likeness (QED) is 0.904. The molecule has 2 rings (SSSR count). The standard InChI is InChI=1S/C13H22N2O4S/c1-4-11-8-18-9(2)7-15(11)20(16,17)13-5-12(6-14)19-10(13)3/h5,9,11H,4,6-8,14H2,1-3H3. The van der Waals surface area contributed by atoms with Crippen LogP contribution < -0.4 is 5.73 Å². The third-order valence-corrected chi connectivity index (χ3v) is 5.63. The van der Waals surface area contributed by atoms with E-state index in [9.17, 15) is 8.42 Å². The normalized spacial score (nSPS) is 25.0. The summed E-state index contributed by atoms with van der Waals surface area (Å²) in [5.74, 6) is 0.870. The topological polar surface area (TPSA) is 85.8 Å². The molecule has 1 saturated heterocycles. The molecule has 0 bridgehead atoms. The molecule has 7 heteroatoms. The molecule has 0 spiro atoms. The molecule has 1 aromatic rings. The van der Waals surface area contributed by atoms with Crippen molar-refractivity contribution >= 4 is 10.0 Å². The van der Waals surface area contributed by atoms with E-state index in [1.807, 2.05) is 13.8 Å². The number of morpholine rings is 1. The van der Waals surface area contributed by atoms with Gasteiger partial charge in [-0.15, -0.1) is 0 Å². The summed E-state index contributed by atoms with van der Waals surface area (Å²) in [7, 11) is -3.57. The Morgan fingerprint density at radius 3 is 2.75 bits per heavy atom. The summed E-state index contributed by atoms with van der Waals surface area (Å²) in [6, 6.07) is 1.39. The Morgan fingerprint density at radius 1 is 1.50 bits per heavy atom. The molecule has 2 heterocycles. The zero-order valence-corrected chi connectivity index (χ0v) is 12.9. The molecule has 0 aliphatic carbocycles. The molecule has 6 nitrogen and oxygen atoms in total. The highest BCUT2D eigenvalue weighted by atomic mass is 32.2. The number of aryl methyl sites for hydroxylation is 1. The fourth-order valence-corrected chi connectivity index (χ4v) is 4.38. The maximum absolute atomic E-state index is 12.8. The van der Waals surface area contributed by atoms with Gasteiger partial charge in [-0.1, -0.05) is 6.92 Å². The minimum atomic E-state index is -3.57. The Bertz CT molecular complexity index is 567. The predicted molar refractivity (Wildman–Crippen MR) is 74.7 cm³/mol. The number of furan rings is 1. The number of rotatable bonds is 4. The van der Waals surface area contributed by atoms with E-state index in [1.54, 1.807) is 6.92 Å². The van der Waals surface area contributed by atoms with Gasteiger partial charge < -0.3 is 14.9 Å². The summed E-state index contributed by atoms with van der Waals surface area (Å²) in [6.07, 6.45) is 0.612. The molecule has 1 aliphatic heterocycles. The van der Waals surface area contributed by atoms with E-state index < -0.39 is 10.0 Å². The first kappa shape index (κ1) is 15.5. The Hall–Kier alpha value is -0.890. The molecule has 1 fully saturated rings. The average molecular weight is 302 g/mol. The number of nitrogens with two attached hydrogens (primary N) is 1. The molecule has 2 atom stereocenters. The van der Waals surface area contributed by atoms with E-state index in [4.69, 9.17) is 14.9 Å². The molecular formula is C13H22N2O4S. The van der Waals surface area contributed by atoms with Crippen molar-refractivity contribution in [2.45, 2.75) is 50.8 Å². The van der Waals surface area contributed by atoms with Crippen LogP contribution in [0.15, 0.2) is 15.4 Å². The van der Waals surface area contributed by atoms with Crippen LogP contribution in [0.3, 0.4) is 0 Å². The second kappa shape index (κ2) is 5.85. The monoisotopic (exact) mass is 302 g/mol. The van der Waals surface area contributed by atoms with E-state index in [-0.39, 0.29) is 23.6 Å². The first-order valence-electron chi connectivity index (χ1n) is 6.83. The van der Waals surface area contributed by atoms with E-state index >= 15 is 0 Å². The minimum Gasteiger partial charge on any atom is -0.464 e. The zero-order chi connectivity index (χ0) is 14.9. The molecular weight excluding hydrogens is 280 g/mol. The van der Waals surface area contributed by atoms with E-state index in [2.05, 4.69) is 0 Å². The lowest BCUT2D eigenvalue weighted by Gasteiger charge is -2.37. The van der Waals surface area contributed by atoms with Gasteiger partial charge in [0.1, 0.15) is 16.4 Å². The van der Waals surface area contributed by atoms with Gasteiger partial charge in [0, 0.05) is 18.7 Å².